The molecule has 0 spiro atoms. The normalized spacial score (nSPS) is 18.6. The SMILES string of the molecule is CCC(Oc1cccc(-c2cccnc2C(=O)O)c1C)C1CCN([C@@H](C=O)CNc2cccc3c(C4CCC(=O)NC4=O)nn(C)c23)CC1. The molecule has 12 nitrogen and oxygen atoms in total. The highest BCUT2D eigenvalue weighted by Crippen LogP contribution is 2.36. The summed E-state index contributed by atoms with van der Waals surface area (Å²) in [5.41, 5.74) is 4.54. The number of likely N-dealkylation sites (tertiary alicyclic amines) is 1. The molecule has 0 saturated carbocycles. The van der Waals surface area contributed by atoms with Crippen molar-refractivity contribution in [1.29, 1.82) is 0 Å². The molecule has 4 heterocycles. The number of amides is 2. The Labute approximate surface area is 284 Å². The fourth-order valence-corrected chi connectivity index (χ4v) is 7.32. The van der Waals surface area contributed by atoms with E-state index in [1.807, 2.05) is 50.4 Å². The highest BCUT2D eigenvalue weighted by atomic mass is 16.5. The standard InChI is InChI=1S/C37H42N6O6/c1-4-30(49-31-12-6-8-25(22(31)2)26-10-7-17-38-34(26)37(47)48)23-15-18-43(19-16-23)24(21-44)20-39-29-11-5-9-27-33(41-42(3)35(27)29)28-13-14-32(45)40-36(28)46/h5-12,17,21,23-24,28,30,39H,4,13-16,18-20H2,1-3H3,(H,47,48)(H,40,45,46)/t24-,28?,30?/m1/s1. The van der Waals surface area contributed by atoms with Crippen molar-refractivity contribution in [2.75, 3.05) is 25.0 Å². The molecule has 12 heteroatoms. The average Bonchev–Trinajstić information content (AvgIpc) is 3.44. The van der Waals surface area contributed by atoms with E-state index < -0.39 is 11.9 Å². The number of aromatic carboxylic acids is 1. The van der Waals surface area contributed by atoms with Crippen LogP contribution in [0.5, 0.6) is 5.75 Å². The Morgan fingerprint density at radius 3 is 2.57 bits per heavy atom. The lowest BCUT2D eigenvalue weighted by atomic mass is 9.89. The average molecular weight is 667 g/mol. The molecule has 2 amide bonds. The first-order valence-corrected chi connectivity index (χ1v) is 16.9. The number of para-hydroxylation sites is 1. The summed E-state index contributed by atoms with van der Waals surface area (Å²) in [6, 6.07) is 14.7. The second kappa shape index (κ2) is 14.6. The number of carbonyl (C=O) groups excluding carboxylic acids is 3. The number of rotatable bonds is 12. The molecule has 3 atom stereocenters. The number of hydrogen-bond donors (Lipinski definition) is 3. The third-order valence-electron chi connectivity index (χ3n) is 9.96. The van der Waals surface area contributed by atoms with E-state index in [0.717, 1.165) is 72.1 Å². The molecule has 2 unspecified atom stereocenters. The Kier molecular flexibility index (Phi) is 10.0. The third kappa shape index (κ3) is 6.91. The fraction of sp³-hybridized carbons (Fsp3) is 0.405. The number of benzene rings is 2. The number of aldehydes is 1. The van der Waals surface area contributed by atoms with Gasteiger partial charge in [0.2, 0.25) is 11.8 Å². The van der Waals surface area contributed by atoms with Gasteiger partial charge in [-0.25, -0.2) is 9.78 Å². The molecule has 2 aliphatic rings. The van der Waals surface area contributed by atoms with Crippen LogP contribution in [0.25, 0.3) is 22.0 Å². The van der Waals surface area contributed by atoms with Crippen LogP contribution in [0.15, 0.2) is 54.7 Å². The number of carbonyl (C=O) groups is 4. The van der Waals surface area contributed by atoms with E-state index in [4.69, 9.17) is 4.74 Å². The zero-order valence-electron chi connectivity index (χ0n) is 28.0. The molecule has 2 aromatic carbocycles. The van der Waals surface area contributed by atoms with Crippen LogP contribution in [0.2, 0.25) is 0 Å². The minimum absolute atomic E-state index is 0.00960. The predicted molar refractivity (Wildman–Crippen MR) is 185 cm³/mol. The van der Waals surface area contributed by atoms with Gasteiger partial charge in [-0.3, -0.25) is 24.5 Å². The number of anilines is 1. The maximum atomic E-state index is 12.6. The molecule has 2 fully saturated rings. The quantitative estimate of drug-likeness (QED) is 0.143. The van der Waals surface area contributed by atoms with Crippen molar-refractivity contribution in [2.45, 2.75) is 64.0 Å². The Balaban J connectivity index is 1.10. The van der Waals surface area contributed by atoms with Gasteiger partial charge in [0.25, 0.3) is 0 Å². The monoisotopic (exact) mass is 666 g/mol. The predicted octanol–water partition coefficient (Wildman–Crippen LogP) is 4.71. The van der Waals surface area contributed by atoms with Crippen LogP contribution in [0.3, 0.4) is 0 Å². The summed E-state index contributed by atoms with van der Waals surface area (Å²) in [6.07, 6.45) is 5.72. The van der Waals surface area contributed by atoms with Crippen molar-refractivity contribution in [1.82, 2.24) is 25.0 Å². The summed E-state index contributed by atoms with van der Waals surface area (Å²) < 4.78 is 8.37. The summed E-state index contributed by atoms with van der Waals surface area (Å²) in [6.45, 7) is 5.98. The highest BCUT2D eigenvalue weighted by Gasteiger charge is 2.33. The number of carboxylic acids is 1. The lowest BCUT2D eigenvalue weighted by molar-refractivity contribution is -0.134. The first-order valence-electron chi connectivity index (χ1n) is 16.9. The van der Waals surface area contributed by atoms with Gasteiger partial charge in [-0.2, -0.15) is 5.10 Å². The van der Waals surface area contributed by atoms with Gasteiger partial charge in [-0.1, -0.05) is 37.3 Å². The topological polar surface area (TPSA) is 156 Å². The number of carboxylic acid groups (broad SMARTS) is 1. The lowest BCUT2D eigenvalue weighted by Gasteiger charge is -2.38. The number of nitrogens with one attached hydrogen (secondary N) is 2. The Bertz CT molecular complexity index is 1880. The van der Waals surface area contributed by atoms with E-state index in [2.05, 4.69) is 32.5 Å². The highest BCUT2D eigenvalue weighted by molar-refractivity contribution is 6.03. The molecular formula is C37H42N6O6. The van der Waals surface area contributed by atoms with Gasteiger partial charge >= 0.3 is 5.97 Å². The molecule has 49 heavy (non-hydrogen) atoms. The van der Waals surface area contributed by atoms with Crippen molar-refractivity contribution < 1.29 is 29.0 Å². The van der Waals surface area contributed by atoms with Gasteiger partial charge in [0.15, 0.2) is 5.69 Å². The van der Waals surface area contributed by atoms with E-state index in [1.165, 1.54) is 6.20 Å². The van der Waals surface area contributed by atoms with Crippen LogP contribution in [0, 0.1) is 12.8 Å². The van der Waals surface area contributed by atoms with Crippen molar-refractivity contribution >= 4 is 40.7 Å². The number of aromatic nitrogens is 3. The van der Waals surface area contributed by atoms with Gasteiger partial charge in [0.1, 0.15) is 18.1 Å². The van der Waals surface area contributed by atoms with E-state index in [-0.39, 0.29) is 36.1 Å². The molecule has 3 N–H and O–H groups in total. The van der Waals surface area contributed by atoms with Crippen LogP contribution in [0.1, 0.15) is 66.7 Å². The van der Waals surface area contributed by atoms with E-state index in [0.29, 0.717) is 30.1 Å². The van der Waals surface area contributed by atoms with Crippen LogP contribution in [-0.4, -0.2) is 80.6 Å². The van der Waals surface area contributed by atoms with Crippen molar-refractivity contribution in [3.63, 3.8) is 0 Å². The Morgan fingerprint density at radius 2 is 1.86 bits per heavy atom. The zero-order valence-corrected chi connectivity index (χ0v) is 28.0. The number of ether oxygens (including phenoxy) is 1. The number of piperidine rings is 2. The summed E-state index contributed by atoms with van der Waals surface area (Å²) in [4.78, 5) is 54.8. The number of hydrogen-bond acceptors (Lipinski definition) is 9. The van der Waals surface area contributed by atoms with E-state index >= 15 is 0 Å². The fourth-order valence-electron chi connectivity index (χ4n) is 7.32. The Hall–Kier alpha value is -5.10. The second-order valence-electron chi connectivity index (χ2n) is 12.9. The smallest absolute Gasteiger partial charge is 0.355 e. The molecule has 0 radical (unpaired) electrons. The summed E-state index contributed by atoms with van der Waals surface area (Å²) in [5, 5.41) is 21.1. The minimum atomic E-state index is -1.07. The number of imide groups is 1. The van der Waals surface area contributed by atoms with Crippen LogP contribution in [-0.2, 0) is 21.4 Å². The first kappa shape index (κ1) is 33.8. The van der Waals surface area contributed by atoms with Gasteiger partial charge in [0, 0.05) is 37.2 Å². The summed E-state index contributed by atoms with van der Waals surface area (Å²) in [5.74, 6) is -1.12. The van der Waals surface area contributed by atoms with Crippen molar-refractivity contribution in [3.8, 4) is 16.9 Å². The van der Waals surface area contributed by atoms with Gasteiger partial charge in [-0.15, -0.1) is 0 Å². The number of pyridine rings is 1. The molecule has 256 valence electrons. The van der Waals surface area contributed by atoms with Crippen molar-refractivity contribution in [2.24, 2.45) is 13.0 Å². The molecule has 2 aliphatic heterocycles. The lowest BCUT2D eigenvalue weighted by Crippen LogP contribution is -2.47. The number of aryl methyl sites for hydroxylation is 1. The number of fused-ring (bicyclic) bond motifs is 1. The molecule has 2 aromatic heterocycles. The van der Waals surface area contributed by atoms with E-state index in [1.54, 1.807) is 16.8 Å². The molecule has 6 rings (SSSR count). The molecule has 4 aromatic rings. The van der Waals surface area contributed by atoms with Gasteiger partial charge in [0.05, 0.1) is 28.9 Å². The first-order chi connectivity index (χ1) is 23.7. The van der Waals surface area contributed by atoms with Crippen LogP contribution < -0.4 is 15.4 Å². The molecule has 0 bridgehead atoms. The summed E-state index contributed by atoms with van der Waals surface area (Å²) >= 11 is 0. The number of nitrogens with zero attached hydrogens (tertiary/aromatic N) is 4. The van der Waals surface area contributed by atoms with Crippen LogP contribution >= 0.6 is 0 Å². The molecule has 2 saturated heterocycles. The minimum Gasteiger partial charge on any atom is -0.490 e. The maximum absolute atomic E-state index is 12.6. The third-order valence-corrected chi connectivity index (χ3v) is 9.96. The molecular weight excluding hydrogens is 624 g/mol. The van der Waals surface area contributed by atoms with Gasteiger partial charge < -0.3 is 20.0 Å². The van der Waals surface area contributed by atoms with E-state index in [9.17, 15) is 24.3 Å². The largest absolute Gasteiger partial charge is 0.490 e. The van der Waals surface area contributed by atoms with Crippen LogP contribution in [0.4, 0.5) is 5.69 Å². The Morgan fingerprint density at radius 1 is 1.10 bits per heavy atom. The molecule has 0 aliphatic carbocycles. The maximum Gasteiger partial charge on any atom is 0.355 e. The zero-order chi connectivity index (χ0) is 34.7. The van der Waals surface area contributed by atoms with Gasteiger partial charge in [-0.05, 0) is 80.9 Å². The van der Waals surface area contributed by atoms with Crippen molar-refractivity contribution in [3.05, 3.63) is 71.7 Å². The summed E-state index contributed by atoms with van der Waals surface area (Å²) in [7, 11) is 1.83. The second-order valence-corrected chi connectivity index (χ2v) is 12.9.